The van der Waals surface area contributed by atoms with Gasteiger partial charge in [-0.2, -0.15) is 13.2 Å². The molecule has 2 heterocycles. The van der Waals surface area contributed by atoms with Crippen LogP contribution in [0.4, 0.5) is 13.2 Å². The second-order valence-corrected chi connectivity index (χ2v) is 7.53. The predicted octanol–water partition coefficient (Wildman–Crippen LogP) is 3.64. The normalized spacial score (nSPS) is 13.3. The minimum atomic E-state index is -4.42. The Bertz CT molecular complexity index is 974. The Balaban J connectivity index is 1.51. The van der Waals surface area contributed by atoms with Gasteiger partial charge in [0.25, 0.3) is 0 Å². The summed E-state index contributed by atoms with van der Waals surface area (Å²) in [5.41, 5.74) is 0.676. The third-order valence-corrected chi connectivity index (χ3v) is 5.32. The Labute approximate surface area is 175 Å². The molecular weight excluding hydrogens is 417 g/mol. The molecule has 0 spiro atoms. The first-order valence-electron chi connectivity index (χ1n) is 9.09. The molecule has 3 aromatic rings. The molecule has 160 valence electrons. The lowest BCUT2D eigenvalue weighted by molar-refractivity contribution is -0.154. The fourth-order valence-electron chi connectivity index (χ4n) is 2.66. The first kappa shape index (κ1) is 21.8. The van der Waals surface area contributed by atoms with Gasteiger partial charge in [0.05, 0.1) is 0 Å². The molecule has 0 saturated heterocycles. The highest BCUT2D eigenvalue weighted by Gasteiger charge is 2.28. The number of hydrogen-bond donors (Lipinski definition) is 3. The molecular formula is C20H21F3N4O2S. The number of rotatable bonds is 7. The van der Waals surface area contributed by atoms with Crippen LogP contribution in [-0.2, 0) is 6.54 Å². The maximum Gasteiger partial charge on any atom is 0.422 e. The highest BCUT2D eigenvalue weighted by molar-refractivity contribution is 7.19. The van der Waals surface area contributed by atoms with E-state index in [2.05, 4.69) is 25.3 Å². The predicted molar refractivity (Wildman–Crippen MR) is 111 cm³/mol. The van der Waals surface area contributed by atoms with Crippen molar-refractivity contribution in [3.63, 3.8) is 0 Å². The van der Waals surface area contributed by atoms with Gasteiger partial charge in [-0.15, -0.1) is 11.3 Å². The van der Waals surface area contributed by atoms with Crippen molar-refractivity contribution in [3.05, 3.63) is 59.1 Å². The Morgan fingerprint density at radius 2 is 2.03 bits per heavy atom. The Morgan fingerprint density at radius 1 is 1.23 bits per heavy atom. The van der Waals surface area contributed by atoms with Crippen LogP contribution >= 0.6 is 11.3 Å². The van der Waals surface area contributed by atoms with E-state index in [1.807, 2.05) is 30.3 Å². The van der Waals surface area contributed by atoms with E-state index >= 15 is 0 Å². The van der Waals surface area contributed by atoms with Gasteiger partial charge in [-0.1, -0.05) is 18.2 Å². The van der Waals surface area contributed by atoms with Crippen molar-refractivity contribution in [1.82, 2.24) is 15.6 Å². The van der Waals surface area contributed by atoms with Gasteiger partial charge in [0.2, 0.25) is 5.88 Å². The van der Waals surface area contributed by atoms with E-state index in [-0.39, 0.29) is 12.4 Å². The number of nitrogens with zero attached hydrogens (tertiary/aromatic N) is 2. The fraction of sp³-hybridized carbons (Fsp3) is 0.300. The van der Waals surface area contributed by atoms with Gasteiger partial charge in [0.15, 0.2) is 12.6 Å². The molecule has 1 aromatic carbocycles. The number of aliphatic hydroxyl groups excluding tert-OH is 1. The summed E-state index contributed by atoms with van der Waals surface area (Å²) in [6.07, 6.45) is -3.74. The zero-order chi connectivity index (χ0) is 21.6. The molecule has 0 aliphatic heterocycles. The molecule has 0 aliphatic carbocycles. The number of aliphatic hydroxyl groups is 1. The number of nitrogens with one attached hydrogen (secondary N) is 2. The number of hydrogen-bond acceptors (Lipinski definition) is 5. The highest BCUT2D eigenvalue weighted by atomic mass is 32.1. The molecule has 2 aromatic heterocycles. The minimum Gasteiger partial charge on any atom is -0.468 e. The molecule has 0 radical (unpaired) electrons. The van der Waals surface area contributed by atoms with Crippen molar-refractivity contribution in [2.75, 3.05) is 20.2 Å². The van der Waals surface area contributed by atoms with Crippen LogP contribution in [0.3, 0.4) is 0 Å². The zero-order valence-electron chi connectivity index (χ0n) is 16.1. The molecule has 10 heteroatoms. The number of alkyl halides is 3. The monoisotopic (exact) mass is 438 g/mol. The number of fused-ring (bicyclic) bond motifs is 1. The van der Waals surface area contributed by atoms with Gasteiger partial charge >= 0.3 is 6.18 Å². The zero-order valence-corrected chi connectivity index (χ0v) is 16.9. The Kier molecular flexibility index (Phi) is 7.11. The van der Waals surface area contributed by atoms with Crippen LogP contribution in [0.2, 0.25) is 0 Å². The van der Waals surface area contributed by atoms with Gasteiger partial charge in [-0.25, -0.2) is 4.98 Å². The maximum atomic E-state index is 12.3. The molecule has 0 aliphatic rings. The van der Waals surface area contributed by atoms with E-state index in [1.165, 1.54) is 23.6 Å². The molecule has 30 heavy (non-hydrogen) atoms. The second-order valence-electron chi connectivity index (χ2n) is 6.42. The summed E-state index contributed by atoms with van der Waals surface area (Å²) in [5.74, 6) is 0.347. The number of thiophene rings is 1. The van der Waals surface area contributed by atoms with E-state index in [0.717, 1.165) is 15.0 Å². The van der Waals surface area contributed by atoms with Crippen molar-refractivity contribution in [1.29, 1.82) is 0 Å². The molecule has 3 N–H and O–H groups in total. The summed E-state index contributed by atoms with van der Waals surface area (Å²) in [6, 6.07) is 13.0. The molecule has 0 saturated carbocycles. The van der Waals surface area contributed by atoms with Crippen molar-refractivity contribution in [3.8, 4) is 5.88 Å². The van der Waals surface area contributed by atoms with Crippen LogP contribution in [-0.4, -0.2) is 42.4 Å². The largest absolute Gasteiger partial charge is 0.468 e. The first-order chi connectivity index (χ1) is 14.3. The number of aliphatic imine (C=N–C) groups is 1. The lowest BCUT2D eigenvalue weighted by Crippen LogP contribution is -2.38. The first-order valence-corrected chi connectivity index (χ1v) is 9.91. The van der Waals surface area contributed by atoms with Crippen LogP contribution in [0.5, 0.6) is 5.88 Å². The maximum absolute atomic E-state index is 12.3. The van der Waals surface area contributed by atoms with Crippen LogP contribution in [0, 0.1) is 0 Å². The van der Waals surface area contributed by atoms with Gasteiger partial charge in [-0.3, -0.25) is 4.99 Å². The molecule has 1 unspecified atom stereocenters. The molecule has 6 nitrogen and oxygen atoms in total. The summed E-state index contributed by atoms with van der Waals surface area (Å²) in [7, 11) is 1.59. The van der Waals surface area contributed by atoms with Crippen LogP contribution in [0.25, 0.3) is 10.1 Å². The van der Waals surface area contributed by atoms with E-state index in [9.17, 15) is 18.3 Å². The Hall–Kier alpha value is -2.85. The quantitative estimate of drug-likeness (QED) is 0.388. The molecule has 0 amide bonds. The average Bonchev–Trinajstić information content (AvgIpc) is 3.16. The summed E-state index contributed by atoms with van der Waals surface area (Å²) in [6.45, 7) is -0.845. The van der Waals surface area contributed by atoms with Gasteiger partial charge in [0.1, 0.15) is 6.10 Å². The topological polar surface area (TPSA) is 78.8 Å². The number of pyridine rings is 1. The van der Waals surface area contributed by atoms with Crippen LogP contribution < -0.4 is 15.4 Å². The number of benzene rings is 1. The number of aromatic nitrogens is 1. The van der Waals surface area contributed by atoms with E-state index < -0.39 is 18.9 Å². The number of halogens is 3. The van der Waals surface area contributed by atoms with Crippen LogP contribution in [0.15, 0.2) is 53.7 Å². The summed E-state index contributed by atoms with van der Waals surface area (Å²) >= 11 is 1.53. The molecule has 0 fully saturated rings. The Morgan fingerprint density at radius 3 is 2.77 bits per heavy atom. The third kappa shape index (κ3) is 6.33. The summed E-state index contributed by atoms with van der Waals surface area (Å²) in [5, 5.41) is 17.6. The molecule has 3 rings (SSSR count). The van der Waals surface area contributed by atoms with Crippen molar-refractivity contribution in [2.24, 2.45) is 4.99 Å². The van der Waals surface area contributed by atoms with Crippen molar-refractivity contribution < 1.29 is 23.0 Å². The molecule has 1 atom stereocenters. The summed E-state index contributed by atoms with van der Waals surface area (Å²) in [4.78, 5) is 8.71. The van der Waals surface area contributed by atoms with E-state index in [0.29, 0.717) is 18.1 Å². The molecule has 0 bridgehead atoms. The smallest absolute Gasteiger partial charge is 0.422 e. The number of guanidine groups is 1. The highest BCUT2D eigenvalue weighted by Crippen LogP contribution is 2.29. The fourth-order valence-corrected chi connectivity index (χ4v) is 3.71. The van der Waals surface area contributed by atoms with Gasteiger partial charge in [0, 0.05) is 42.0 Å². The third-order valence-electron chi connectivity index (χ3n) is 4.10. The lowest BCUT2D eigenvalue weighted by atomic mass is 10.2. The van der Waals surface area contributed by atoms with Crippen molar-refractivity contribution in [2.45, 2.75) is 18.8 Å². The van der Waals surface area contributed by atoms with Gasteiger partial charge < -0.3 is 20.5 Å². The van der Waals surface area contributed by atoms with Crippen molar-refractivity contribution >= 4 is 27.4 Å². The average molecular weight is 438 g/mol. The summed E-state index contributed by atoms with van der Waals surface area (Å²) < 4.78 is 42.6. The SMILES string of the molecule is CN=C(NCc1ccnc(OCC(F)(F)F)c1)NCC(O)c1cc2ccccc2s1. The second kappa shape index (κ2) is 9.77. The standard InChI is InChI=1S/C20H21F3N4O2S/c1-24-19(26-10-13-6-7-25-18(8-13)29-12-20(21,22)23)27-11-15(28)17-9-14-4-2-3-5-16(14)30-17/h2-9,15,28H,10-12H2,1H3,(H2,24,26,27). The minimum absolute atomic E-state index is 0.102. The van der Waals surface area contributed by atoms with E-state index in [1.54, 1.807) is 13.1 Å². The lowest BCUT2D eigenvalue weighted by Gasteiger charge is -2.15. The van der Waals surface area contributed by atoms with E-state index in [4.69, 9.17) is 0 Å². The van der Waals surface area contributed by atoms with Gasteiger partial charge in [-0.05, 0) is 29.1 Å². The van der Waals surface area contributed by atoms with Crippen LogP contribution in [0.1, 0.15) is 16.5 Å². The number of ether oxygens (including phenoxy) is 1.